The molecule has 0 fully saturated rings. The molecule has 0 saturated carbocycles. The van der Waals surface area contributed by atoms with Crippen LogP contribution in [0.15, 0.2) is 29.1 Å². The second kappa shape index (κ2) is 6.43. The summed E-state index contributed by atoms with van der Waals surface area (Å²) in [6.07, 6.45) is 0. The van der Waals surface area contributed by atoms with Gasteiger partial charge >= 0.3 is 0 Å². The zero-order valence-corrected chi connectivity index (χ0v) is 15.9. The van der Waals surface area contributed by atoms with Crippen molar-refractivity contribution >= 4 is 50.5 Å². The van der Waals surface area contributed by atoms with Crippen LogP contribution in [0.4, 0.5) is 10.1 Å². The van der Waals surface area contributed by atoms with Crippen molar-refractivity contribution in [2.45, 2.75) is 20.4 Å². The van der Waals surface area contributed by atoms with Crippen molar-refractivity contribution in [2.75, 3.05) is 5.32 Å². The predicted molar refractivity (Wildman–Crippen MR) is 102 cm³/mol. The van der Waals surface area contributed by atoms with E-state index in [0.717, 1.165) is 10.7 Å². The van der Waals surface area contributed by atoms with Gasteiger partial charge in [-0.05, 0) is 38.1 Å². The fourth-order valence-electron chi connectivity index (χ4n) is 2.88. The van der Waals surface area contributed by atoms with Crippen molar-refractivity contribution in [3.63, 3.8) is 0 Å². The maximum absolute atomic E-state index is 13.2. The summed E-state index contributed by atoms with van der Waals surface area (Å²) in [5.41, 5.74) is 1.58. The van der Waals surface area contributed by atoms with Crippen molar-refractivity contribution in [3.05, 3.63) is 56.2 Å². The van der Waals surface area contributed by atoms with E-state index in [0.29, 0.717) is 21.7 Å². The number of hydrogen-bond donors (Lipinski definition) is 1. The Balaban J connectivity index is 1.71. The van der Waals surface area contributed by atoms with Gasteiger partial charge in [0.25, 0.3) is 5.56 Å². The van der Waals surface area contributed by atoms with Gasteiger partial charge in [-0.15, -0.1) is 0 Å². The Hall–Kier alpha value is -2.78. The van der Waals surface area contributed by atoms with Crippen molar-refractivity contribution in [1.82, 2.24) is 19.2 Å². The van der Waals surface area contributed by atoms with Gasteiger partial charge in [0.1, 0.15) is 22.9 Å². The van der Waals surface area contributed by atoms with Crippen molar-refractivity contribution in [1.29, 1.82) is 0 Å². The molecule has 0 saturated heterocycles. The van der Waals surface area contributed by atoms with Crippen LogP contribution in [0, 0.1) is 19.7 Å². The van der Waals surface area contributed by atoms with Crippen LogP contribution < -0.4 is 10.9 Å². The summed E-state index contributed by atoms with van der Waals surface area (Å²) in [4.78, 5) is 30.2. The van der Waals surface area contributed by atoms with E-state index in [1.165, 1.54) is 34.1 Å². The molecule has 0 bridgehead atoms. The molecule has 0 radical (unpaired) electrons. The second-order valence-electron chi connectivity index (χ2n) is 6.02. The minimum atomic E-state index is -0.566. The van der Waals surface area contributed by atoms with E-state index < -0.39 is 5.82 Å². The Morgan fingerprint density at radius 3 is 2.85 bits per heavy atom. The van der Waals surface area contributed by atoms with Gasteiger partial charge in [0.15, 0.2) is 0 Å². The van der Waals surface area contributed by atoms with Crippen LogP contribution in [-0.2, 0) is 11.3 Å². The van der Waals surface area contributed by atoms with Gasteiger partial charge < -0.3 is 9.88 Å². The van der Waals surface area contributed by atoms with E-state index in [2.05, 4.69) is 15.4 Å². The number of amides is 1. The minimum absolute atomic E-state index is 0.0841. The number of aryl methyl sites for hydroxylation is 2. The van der Waals surface area contributed by atoms with E-state index in [1.54, 1.807) is 24.5 Å². The average molecular weight is 406 g/mol. The van der Waals surface area contributed by atoms with Crippen LogP contribution in [-0.4, -0.2) is 25.1 Å². The minimum Gasteiger partial charge on any atom is -0.330 e. The quantitative estimate of drug-likeness (QED) is 0.567. The molecule has 0 aliphatic heterocycles. The number of benzene rings is 1. The summed E-state index contributed by atoms with van der Waals surface area (Å²) in [7, 11) is 0. The molecule has 0 atom stereocenters. The number of carbonyl (C=O) groups excluding carboxylic acids is 1. The fraction of sp³-hybridized carbons (Fsp3) is 0.176. The molecule has 3 heterocycles. The molecule has 3 aromatic heterocycles. The lowest BCUT2D eigenvalue weighted by Gasteiger charge is -2.09. The number of carbonyl (C=O) groups is 1. The molecule has 0 unspecified atom stereocenters. The third-order valence-electron chi connectivity index (χ3n) is 4.06. The number of nitrogens with zero attached hydrogens (tertiary/aromatic N) is 4. The zero-order chi connectivity index (χ0) is 19.3. The molecule has 4 rings (SSSR count). The molecular formula is C17H13ClFN5O2S. The van der Waals surface area contributed by atoms with E-state index in [4.69, 9.17) is 11.6 Å². The van der Waals surface area contributed by atoms with Crippen LogP contribution >= 0.6 is 22.9 Å². The van der Waals surface area contributed by atoms with Crippen molar-refractivity contribution in [2.24, 2.45) is 0 Å². The zero-order valence-electron chi connectivity index (χ0n) is 14.3. The lowest BCUT2D eigenvalue weighted by molar-refractivity contribution is -0.116. The Bertz CT molecular complexity index is 1280. The maximum Gasteiger partial charge on any atom is 0.299 e. The maximum atomic E-state index is 13.2. The fourth-order valence-corrected chi connectivity index (χ4v) is 3.80. The molecule has 0 aliphatic carbocycles. The summed E-state index contributed by atoms with van der Waals surface area (Å²) in [5.74, 6) is -0.944. The summed E-state index contributed by atoms with van der Waals surface area (Å²) in [6, 6.07) is 5.67. The standard InChI is InChI=1S/C17H13ClFN5O2S/c1-8-5-13-15(16(26)24-17(21-13)27-9(2)22-24)23(8)7-14(25)20-10-3-4-12(19)11(18)6-10/h3-6H,7H2,1-2H3,(H,20,25). The van der Waals surface area contributed by atoms with Crippen LogP contribution in [0.5, 0.6) is 0 Å². The molecule has 7 nitrogen and oxygen atoms in total. The van der Waals surface area contributed by atoms with Crippen LogP contribution in [0.25, 0.3) is 16.0 Å². The van der Waals surface area contributed by atoms with E-state index >= 15 is 0 Å². The number of anilines is 1. The predicted octanol–water partition coefficient (Wildman–Crippen LogP) is 3.15. The van der Waals surface area contributed by atoms with Gasteiger partial charge in [-0.25, -0.2) is 9.37 Å². The number of halogens is 2. The molecule has 1 aromatic carbocycles. The second-order valence-corrected chi connectivity index (χ2v) is 7.58. The molecule has 138 valence electrons. The Kier molecular flexibility index (Phi) is 4.20. The van der Waals surface area contributed by atoms with Crippen molar-refractivity contribution < 1.29 is 9.18 Å². The van der Waals surface area contributed by atoms with Gasteiger partial charge in [-0.2, -0.15) is 9.61 Å². The highest BCUT2D eigenvalue weighted by Gasteiger charge is 2.17. The average Bonchev–Trinajstić information content (AvgIpc) is 3.11. The summed E-state index contributed by atoms with van der Waals surface area (Å²) in [6.45, 7) is 3.49. The smallest absolute Gasteiger partial charge is 0.299 e. The lowest BCUT2D eigenvalue weighted by atomic mass is 10.3. The molecule has 1 N–H and O–H groups in total. The van der Waals surface area contributed by atoms with Gasteiger partial charge in [0, 0.05) is 11.4 Å². The summed E-state index contributed by atoms with van der Waals surface area (Å²) < 4.78 is 16.1. The van der Waals surface area contributed by atoms with E-state index in [9.17, 15) is 14.0 Å². The largest absolute Gasteiger partial charge is 0.330 e. The third kappa shape index (κ3) is 3.08. The molecule has 0 spiro atoms. The van der Waals surface area contributed by atoms with Crippen molar-refractivity contribution in [3.8, 4) is 0 Å². The molecule has 1 amide bonds. The lowest BCUT2D eigenvalue weighted by Crippen LogP contribution is -2.23. The molecule has 10 heteroatoms. The number of hydrogen-bond acceptors (Lipinski definition) is 5. The Morgan fingerprint density at radius 1 is 1.33 bits per heavy atom. The van der Waals surface area contributed by atoms with Gasteiger partial charge in [-0.3, -0.25) is 9.59 Å². The van der Waals surface area contributed by atoms with Gasteiger partial charge in [0.05, 0.1) is 10.5 Å². The molecule has 0 aliphatic rings. The Morgan fingerprint density at radius 2 is 2.11 bits per heavy atom. The first kappa shape index (κ1) is 17.6. The highest BCUT2D eigenvalue weighted by atomic mass is 35.5. The highest BCUT2D eigenvalue weighted by molar-refractivity contribution is 7.16. The SMILES string of the molecule is Cc1nn2c(=O)c3c(cc(C)n3CC(=O)Nc3ccc(F)c(Cl)c3)nc2s1. The summed E-state index contributed by atoms with van der Waals surface area (Å²) >= 11 is 7.06. The number of fused-ring (bicyclic) bond motifs is 2. The highest BCUT2D eigenvalue weighted by Crippen LogP contribution is 2.21. The first-order valence-electron chi connectivity index (χ1n) is 7.94. The third-order valence-corrected chi connectivity index (χ3v) is 5.17. The monoisotopic (exact) mass is 405 g/mol. The normalized spacial score (nSPS) is 11.4. The number of aromatic nitrogens is 4. The van der Waals surface area contributed by atoms with Gasteiger partial charge in [-0.1, -0.05) is 22.9 Å². The first-order valence-corrected chi connectivity index (χ1v) is 9.14. The topological polar surface area (TPSA) is 81.3 Å². The van der Waals surface area contributed by atoms with Crippen LogP contribution in [0.3, 0.4) is 0 Å². The molecular weight excluding hydrogens is 393 g/mol. The van der Waals surface area contributed by atoms with Crippen LogP contribution in [0.2, 0.25) is 5.02 Å². The Labute approximate surface area is 161 Å². The van der Waals surface area contributed by atoms with E-state index in [1.807, 2.05) is 0 Å². The number of nitrogens with one attached hydrogen (secondary N) is 1. The molecule has 4 aromatic rings. The first-order chi connectivity index (χ1) is 12.8. The van der Waals surface area contributed by atoms with E-state index in [-0.39, 0.29) is 23.0 Å². The summed E-state index contributed by atoms with van der Waals surface area (Å²) in [5, 5.41) is 7.46. The van der Waals surface area contributed by atoms with Gasteiger partial charge in [0.2, 0.25) is 10.9 Å². The number of rotatable bonds is 3. The van der Waals surface area contributed by atoms with Crippen LogP contribution in [0.1, 0.15) is 10.7 Å². The molecule has 27 heavy (non-hydrogen) atoms.